The molecule has 1 aromatic rings. The smallest absolute Gasteiger partial charge is 0.185 e. The fraction of sp³-hybridized carbons (Fsp3) is 0.750. The van der Waals surface area contributed by atoms with Crippen LogP contribution >= 0.6 is 11.3 Å². The van der Waals surface area contributed by atoms with E-state index in [1.54, 1.807) is 18.4 Å². The first-order chi connectivity index (χ1) is 8.13. The lowest BCUT2D eigenvalue weighted by molar-refractivity contribution is 0.196. The van der Waals surface area contributed by atoms with Gasteiger partial charge in [-0.05, 0) is 6.42 Å². The minimum absolute atomic E-state index is 0.500. The molecule has 0 aliphatic heterocycles. The first-order valence-corrected chi connectivity index (χ1v) is 6.89. The number of anilines is 1. The van der Waals surface area contributed by atoms with Crippen molar-refractivity contribution in [1.29, 1.82) is 0 Å². The first-order valence-electron chi connectivity index (χ1n) is 6.01. The number of nitrogens with zero attached hydrogens (tertiary/aromatic N) is 2. The molecule has 0 aromatic carbocycles. The molecule has 0 aliphatic carbocycles. The molecule has 1 rings (SSSR count). The summed E-state index contributed by atoms with van der Waals surface area (Å²) in [5.74, 6) is 0. The molecule has 0 unspecified atom stereocenters. The molecule has 0 amide bonds. The van der Waals surface area contributed by atoms with Crippen LogP contribution in [0, 0.1) is 0 Å². The third-order valence-electron chi connectivity index (χ3n) is 2.40. The molecular weight excluding hydrogens is 234 g/mol. The number of methoxy groups -OCH3 is 1. The number of thiazole rings is 1. The largest absolute Gasteiger partial charge is 0.385 e. The van der Waals surface area contributed by atoms with Gasteiger partial charge in [-0.25, -0.2) is 4.98 Å². The lowest BCUT2D eigenvalue weighted by Crippen LogP contribution is -2.22. The van der Waals surface area contributed by atoms with Crippen molar-refractivity contribution in [3.8, 4) is 0 Å². The Kier molecular flexibility index (Phi) is 6.47. The van der Waals surface area contributed by atoms with Crippen molar-refractivity contribution in [3.05, 3.63) is 11.1 Å². The average molecular weight is 257 g/mol. The summed E-state index contributed by atoms with van der Waals surface area (Å²) in [7, 11) is 3.81. The van der Waals surface area contributed by atoms with Crippen molar-refractivity contribution in [2.75, 3.05) is 32.2 Å². The topological polar surface area (TPSA) is 37.4 Å². The van der Waals surface area contributed by atoms with E-state index in [0.717, 1.165) is 36.9 Å². The number of rotatable bonds is 8. The first kappa shape index (κ1) is 14.4. The highest BCUT2D eigenvalue weighted by molar-refractivity contribution is 7.13. The summed E-state index contributed by atoms with van der Waals surface area (Å²) in [5.41, 5.74) is 1.12. The zero-order chi connectivity index (χ0) is 12.7. The van der Waals surface area contributed by atoms with Gasteiger partial charge < -0.3 is 15.0 Å². The van der Waals surface area contributed by atoms with Crippen LogP contribution in [-0.2, 0) is 11.3 Å². The molecular formula is C12H23N3OS. The highest BCUT2D eigenvalue weighted by Gasteiger charge is 2.06. The lowest BCUT2D eigenvalue weighted by Gasteiger charge is -2.14. The molecule has 5 heteroatoms. The second-order valence-electron chi connectivity index (χ2n) is 4.42. The van der Waals surface area contributed by atoms with Gasteiger partial charge in [-0.15, -0.1) is 11.3 Å². The van der Waals surface area contributed by atoms with Crippen molar-refractivity contribution >= 4 is 16.5 Å². The van der Waals surface area contributed by atoms with E-state index in [1.807, 2.05) is 0 Å². The van der Waals surface area contributed by atoms with Crippen molar-refractivity contribution in [2.45, 2.75) is 32.9 Å². The minimum Gasteiger partial charge on any atom is -0.385 e. The van der Waals surface area contributed by atoms with Crippen LogP contribution in [-0.4, -0.2) is 38.3 Å². The fourth-order valence-corrected chi connectivity index (χ4v) is 2.22. The molecule has 4 nitrogen and oxygen atoms in total. The Morgan fingerprint density at radius 2 is 2.29 bits per heavy atom. The second-order valence-corrected chi connectivity index (χ2v) is 5.26. The summed E-state index contributed by atoms with van der Waals surface area (Å²) in [6, 6.07) is 0.500. The van der Waals surface area contributed by atoms with Crippen LogP contribution < -0.4 is 10.2 Å². The summed E-state index contributed by atoms with van der Waals surface area (Å²) < 4.78 is 5.04. The van der Waals surface area contributed by atoms with Crippen molar-refractivity contribution in [2.24, 2.45) is 0 Å². The highest BCUT2D eigenvalue weighted by atomic mass is 32.1. The summed E-state index contributed by atoms with van der Waals surface area (Å²) in [6.07, 6.45) is 1.03. The van der Waals surface area contributed by atoms with E-state index in [2.05, 4.69) is 41.5 Å². The normalized spacial score (nSPS) is 11.1. The van der Waals surface area contributed by atoms with Gasteiger partial charge in [-0.1, -0.05) is 13.8 Å². The van der Waals surface area contributed by atoms with Gasteiger partial charge in [-0.3, -0.25) is 0 Å². The van der Waals surface area contributed by atoms with Crippen LogP contribution in [0.25, 0.3) is 0 Å². The summed E-state index contributed by atoms with van der Waals surface area (Å²) in [6.45, 7) is 6.92. The Morgan fingerprint density at radius 1 is 1.53 bits per heavy atom. The second kappa shape index (κ2) is 7.63. The molecule has 0 saturated heterocycles. The van der Waals surface area contributed by atoms with Gasteiger partial charge >= 0.3 is 0 Å². The van der Waals surface area contributed by atoms with Gasteiger partial charge in [-0.2, -0.15) is 0 Å². The maximum absolute atomic E-state index is 5.04. The SMILES string of the molecule is COCCCN(C)c1nc(CNC(C)C)cs1. The van der Waals surface area contributed by atoms with Crippen LogP contribution in [0.3, 0.4) is 0 Å². The third-order valence-corrected chi connectivity index (χ3v) is 3.40. The van der Waals surface area contributed by atoms with E-state index >= 15 is 0 Å². The van der Waals surface area contributed by atoms with Crippen molar-refractivity contribution in [3.63, 3.8) is 0 Å². The van der Waals surface area contributed by atoms with Gasteiger partial charge in [0.05, 0.1) is 5.69 Å². The predicted octanol–water partition coefficient (Wildman–Crippen LogP) is 2.11. The van der Waals surface area contributed by atoms with Crippen LogP contribution in [0.5, 0.6) is 0 Å². The molecule has 0 fully saturated rings. The Balaban J connectivity index is 2.38. The predicted molar refractivity (Wildman–Crippen MR) is 73.9 cm³/mol. The van der Waals surface area contributed by atoms with Gasteiger partial charge in [0.15, 0.2) is 5.13 Å². The maximum Gasteiger partial charge on any atom is 0.185 e. The Morgan fingerprint density at radius 3 is 2.94 bits per heavy atom. The van der Waals surface area contributed by atoms with Crippen LogP contribution in [0.15, 0.2) is 5.38 Å². The number of aromatic nitrogens is 1. The molecule has 0 saturated carbocycles. The molecule has 1 N–H and O–H groups in total. The standard InChI is InChI=1S/C12H23N3OS/c1-10(2)13-8-11-9-17-12(14-11)15(3)6-5-7-16-4/h9-10,13H,5-8H2,1-4H3. The Labute approximate surface area is 108 Å². The van der Waals surface area contributed by atoms with Gasteiger partial charge in [0, 0.05) is 45.3 Å². The van der Waals surface area contributed by atoms with E-state index < -0.39 is 0 Å². The van der Waals surface area contributed by atoms with Crippen LogP contribution in [0.2, 0.25) is 0 Å². The quantitative estimate of drug-likeness (QED) is 0.724. The Hall–Kier alpha value is -0.650. The van der Waals surface area contributed by atoms with Crippen molar-refractivity contribution < 1.29 is 4.74 Å². The van der Waals surface area contributed by atoms with Crippen molar-refractivity contribution in [1.82, 2.24) is 10.3 Å². The van der Waals surface area contributed by atoms with E-state index in [4.69, 9.17) is 4.74 Å². The monoisotopic (exact) mass is 257 g/mol. The van der Waals surface area contributed by atoms with E-state index in [1.165, 1.54) is 0 Å². The molecule has 0 spiro atoms. The molecule has 0 radical (unpaired) electrons. The maximum atomic E-state index is 5.04. The fourth-order valence-electron chi connectivity index (χ4n) is 1.40. The lowest BCUT2D eigenvalue weighted by atomic mass is 10.4. The van der Waals surface area contributed by atoms with E-state index in [9.17, 15) is 0 Å². The molecule has 0 aliphatic rings. The van der Waals surface area contributed by atoms with E-state index in [-0.39, 0.29) is 0 Å². The van der Waals surface area contributed by atoms with Gasteiger partial charge in [0.1, 0.15) is 0 Å². The zero-order valence-electron chi connectivity index (χ0n) is 11.2. The molecule has 1 heterocycles. The highest BCUT2D eigenvalue weighted by Crippen LogP contribution is 2.19. The van der Waals surface area contributed by atoms with Crippen LogP contribution in [0.4, 0.5) is 5.13 Å². The van der Waals surface area contributed by atoms with Gasteiger partial charge in [0.2, 0.25) is 0 Å². The Bertz CT molecular complexity index is 314. The molecule has 17 heavy (non-hydrogen) atoms. The summed E-state index contributed by atoms with van der Waals surface area (Å²) in [4.78, 5) is 6.79. The minimum atomic E-state index is 0.500. The third kappa shape index (κ3) is 5.48. The zero-order valence-corrected chi connectivity index (χ0v) is 12.0. The molecule has 98 valence electrons. The average Bonchev–Trinajstić information content (AvgIpc) is 2.75. The van der Waals surface area contributed by atoms with Gasteiger partial charge in [0.25, 0.3) is 0 Å². The number of nitrogens with one attached hydrogen (secondary N) is 1. The van der Waals surface area contributed by atoms with Crippen LogP contribution in [0.1, 0.15) is 26.0 Å². The molecule has 0 bridgehead atoms. The number of ether oxygens (including phenoxy) is 1. The number of hydrogen-bond donors (Lipinski definition) is 1. The van der Waals surface area contributed by atoms with E-state index in [0.29, 0.717) is 6.04 Å². The molecule has 1 aromatic heterocycles. The summed E-state index contributed by atoms with van der Waals surface area (Å²) in [5, 5.41) is 6.58. The summed E-state index contributed by atoms with van der Waals surface area (Å²) >= 11 is 1.70. The molecule has 0 atom stereocenters. The number of hydrogen-bond acceptors (Lipinski definition) is 5.